The molecule has 0 aliphatic carbocycles. The van der Waals surface area contributed by atoms with Crippen molar-refractivity contribution in [2.75, 3.05) is 0 Å². The van der Waals surface area contributed by atoms with Crippen LogP contribution in [0.2, 0.25) is 0 Å². The Labute approximate surface area is 79.8 Å². The summed E-state index contributed by atoms with van der Waals surface area (Å²) in [4.78, 5) is 14.1. The number of carbonyl (C=O) groups is 1. The Bertz CT molecular complexity index is 274. The fourth-order valence-corrected chi connectivity index (χ4v) is 1.35. The first-order chi connectivity index (χ1) is 5.11. The lowest BCUT2D eigenvalue weighted by Gasteiger charge is -1.95. The second-order valence-corrected chi connectivity index (χ2v) is 3.05. The predicted octanol–water partition coefficient (Wildman–Crippen LogP) is 1.28. The first-order valence-corrected chi connectivity index (χ1v) is 3.93. The van der Waals surface area contributed by atoms with E-state index in [0.717, 1.165) is 0 Å². The number of rotatable bonds is 2. The van der Waals surface area contributed by atoms with Gasteiger partial charge in [-0.3, -0.25) is 0 Å². The van der Waals surface area contributed by atoms with Crippen molar-refractivity contribution < 1.29 is 9.90 Å². The first-order valence-electron chi connectivity index (χ1n) is 3.05. The Balaban J connectivity index is 0.00000121. The highest BCUT2D eigenvalue weighted by Gasteiger charge is 2.10. The van der Waals surface area contributed by atoms with Crippen molar-refractivity contribution in [1.29, 1.82) is 0 Å². The number of hydrogen-bond donors (Lipinski definition) is 2. The van der Waals surface area contributed by atoms with Gasteiger partial charge in [-0.2, -0.15) is 0 Å². The smallest absolute Gasteiger partial charge is 0.355 e. The van der Waals surface area contributed by atoms with E-state index in [-0.39, 0.29) is 24.1 Å². The van der Waals surface area contributed by atoms with Crippen LogP contribution in [0.4, 0.5) is 0 Å². The van der Waals surface area contributed by atoms with Gasteiger partial charge in [-0.15, -0.1) is 23.7 Å². The van der Waals surface area contributed by atoms with Gasteiger partial charge in [0.1, 0.15) is 5.01 Å². The quantitative estimate of drug-likeness (QED) is 0.768. The Morgan fingerprint density at radius 2 is 2.42 bits per heavy atom. The number of aromatic nitrogens is 1. The molecule has 0 spiro atoms. The summed E-state index contributed by atoms with van der Waals surface area (Å²) in [6.45, 7) is 1.77. The molecule has 0 aromatic carbocycles. The van der Waals surface area contributed by atoms with E-state index in [4.69, 9.17) is 10.8 Å². The van der Waals surface area contributed by atoms with E-state index >= 15 is 0 Å². The number of hydrogen-bond acceptors (Lipinski definition) is 4. The third-order valence-electron chi connectivity index (χ3n) is 1.13. The number of aromatic carboxylic acids is 1. The molecule has 0 unspecified atom stereocenters. The number of halogens is 1. The largest absolute Gasteiger partial charge is 0.476 e. The maximum absolute atomic E-state index is 10.3. The summed E-state index contributed by atoms with van der Waals surface area (Å²) in [6, 6.07) is -0.187. The zero-order valence-corrected chi connectivity index (χ0v) is 7.98. The summed E-state index contributed by atoms with van der Waals surface area (Å²) < 4.78 is 0. The average molecular weight is 209 g/mol. The zero-order valence-electron chi connectivity index (χ0n) is 6.35. The van der Waals surface area contributed by atoms with Gasteiger partial charge in [-0.1, -0.05) is 0 Å². The van der Waals surface area contributed by atoms with Crippen LogP contribution < -0.4 is 5.73 Å². The molecule has 0 aliphatic rings. The molecule has 1 aromatic heterocycles. The molecule has 68 valence electrons. The van der Waals surface area contributed by atoms with Crippen LogP contribution in [0.5, 0.6) is 0 Å². The van der Waals surface area contributed by atoms with Crippen LogP contribution in [0.15, 0.2) is 5.38 Å². The number of thiazole rings is 1. The van der Waals surface area contributed by atoms with Crippen LogP contribution in [0, 0.1) is 0 Å². The Morgan fingerprint density at radius 1 is 1.83 bits per heavy atom. The van der Waals surface area contributed by atoms with Crippen molar-refractivity contribution in [3.05, 3.63) is 16.1 Å². The molecular formula is C6H9ClN2O2S. The van der Waals surface area contributed by atoms with Gasteiger partial charge < -0.3 is 10.8 Å². The first kappa shape index (κ1) is 11.4. The lowest BCUT2D eigenvalue weighted by Crippen LogP contribution is -2.05. The van der Waals surface area contributed by atoms with Gasteiger partial charge in [0.15, 0.2) is 5.69 Å². The molecule has 12 heavy (non-hydrogen) atoms. The SMILES string of the molecule is C[C@H](N)c1nc(C(=O)O)cs1.Cl. The van der Waals surface area contributed by atoms with Crippen molar-refractivity contribution in [3.8, 4) is 0 Å². The zero-order chi connectivity index (χ0) is 8.43. The van der Waals surface area contributed by atoms with Crippen LogP contribution in [-0.4, -0.2) is 16.1 Å². The molecule has 0 saturated carbocycles. The van der Waals surface area contributed by atoms with E-state index in [1.807, 2.05) is 0 Å². The fraction of sp³-hybridized carbons (Fsp3) is 0.333. The second kappa shape index (κ2) is 4.39. The summed E-state index contributed by atoms with van der Waals surface area (Å²) in [7, 11) is 0. The van der Waals surface area contributed by atoms with Gasteiger partial charge >= 0.3 is 5.97 Å². The summed E-state index contributed by atoms with van der Waals surface area (Å²) in [5, 5.41) is 10.6. The van der Waals surface area contributed by atoms with Gasteiger partial charge in [0.25, 0.3) is 0 Å². The van der Waals surface area contributed by atoms with Gasteiger partial charge in [0, 0.05) is 5.38 Å². The third-order valence-corrected chi connectivity index (χ3v) is 2.18. The molecule has 0 amide bonds. The minimum absolute atomic E-state index is 0. The maximum atomic E-state index is 10.3. The molecule has 4 nitrogen and oxygen atoms in total. The van der Waals surface area contributed by atoms with Crippen LogP contribution >= 0.6 is 23.7 Å². The van der Waals surface area contributed by atoms with E-state index in [2.05, 4.69) is 4.98 Å². The highest BCUT2D eigenvalue weighted by molar-refractivity contribution is 7.09. The molecule has 1 heterocycles. The van der Waals surface area contributed by atoms with E-state index < -0.39 is 5.97 Å². The molecule has 0 saturated heterocycles. The lowest BCUT2D eigenvalue weighted by atomic mass is 10.4. The monoisotopic (exact) mass is 208 g/mol. The highest BCUT2D eigenvalue weighted by atomic mass is 35.5. The number of nitrogens with two attached hydrogens (primary N) is 1. The van der Waals surface area contributed by atoms with Crippen LogP contribution in [0.25, 0.3) is 0 Å². The van der Waals surface area contributed by atoms with E-state index in [1.165, 1.54) is 16.7 Å². The Kier molecular flexibility index (Phi) is 4.16. The molecule has 0 radical (unpaired) electrons. The molecule has 0 fully saturated rings. The fourth-order valence-electron chi connectivity index (χ4n) is 0.595. The number of nitrogens with zero attached hydrogens (tertiary/aromatic N) is 1. The van der Waals surface area contributed by atoms with E-state index in [9.17, 15) is 4.79 Å². The molecule has 1 aromatic rings. The molecule has 3 N–H and O–H groups in total. The van der Waals surface area contributed by atoms with Gasteiger partial charge in [0.05, 0.1) is 6.04 Å². The summed E-state index contributed by atoms with van der Waals surface area (Å²) in [6.07, 6.45) is 0. The van der Waals surface area contributed by atoms with Gasteiger partial charge in [0.2, 0.25) is 0 Å². The second-order valence-electron chi connectivity index (χ2n) is 2.16. The lowest BCUT2D eigenvalue weighted by molar-refractivity contribution is 0.0691. The van der Waals surface area contributed by atoms with Gasteiger partial charge in [-0.05, 0) is 6.92 Å². The third kappa shape index (κ3) is 2.44. The highest BCUT2D eigenvalue weighted by Crippen LogP contribution is 2.15. The molecule has 1 atom stereocenters. The number of carboxylic acids is 1. The molecule has 0 aliphatic heterocycles. The van der Waals surface area contributed by atoms with E-state index in [0.29, 0.717) is 5.01 Å². The molecular weight excluding hydrogens is 200 g/mol. The Hall–Kier alpha value is -0.650. The van der Waals surface area contributed by atoms with Crippen LogP contribution in [-0.2, 0) is 0 Å². The predicted molar refractivity (Wildman–Crippen MR) is 48.9 cm³/mol. The average Bonchev–Trinajstić information content (AvgIpc) is 2.33. The van der Waals surface area contributed by atoms with Crippen molar-refractivity contribution in [3.63, 3.8) is 0 Å². The topological polar surface area (TPSA) is 76.2 Å². The van der Waals surface area contributed by atoms with Crippen molar-refractivity contribution >= 4 is 29.7 Å². The van der Waals surface area contributed by atoms with Crippen molar-refractivity contribution in [2.24, 2.45) is 5.73 Å². The molecule has 0 bridgehead atoms. The van der Waals surface area contributed by atoms with Crippen molar-refractivity contribution in [2.45, 2.75) is 13.0 Å². The number of carboxylic acid groups (broad SMARTS) is 1. The normalized spacial score (nSPS) is 11.8. The van der Waals surface area contributed by atoms with Crippen molar-refractivity contribution in [1.82, 2.24) is 4.98 Å². The summed E-state index contributed by atoms with van der Waals surface area (Å²) in [5.41, 5.74) is 5.55. The Morgan fingerprint density at radius 3 is 2.67 bits per heavy atom. The minimum Gasteiger partial charge on any atom is -0.476 e. The molecule has 1 rings (SSSR count). The van der Waals surface area contributed by atoms with Crippen LogP contribution in [0.1, 0.15) is 28.5 Å². The summed E-state index contributed by atoms with van der Waals surface area (Å²) in [5.74, 6) is -1.01. The van der Waals surface area contributed by atoms with Gasteiger partial charge in [-0.25, -0.2) is 9.78 Å². The maximum Gasteiger partial charge on any atom is 0.355 e. The van der Waals surface area contributed by atoms with E-state index in [1.54, 1.807) is 6.92 Å². The van der Waals surface area contributed by atoms with Crippen LogP contribution in [0.3, 0.4) is 0 Å². The summed E-state index contributed by atoms with van der Waals surface area (Å²) >= 11 is 1.27. The minimum atomic E-state index is -1.01. The molecule has 6 heteroatoms. The standard InChI is InChI=1S/C6H8N2O2S.ClH/c1-3(7)5-8-4(2-11-5)6(9)10;/h2-3H,7H2,1H3,(H,9,10);1H/t3-;/m0./s1.